The van der Waals surface area contributed by atoms with Crippen LogP contribution in [0, 0.1) is 0 Å². The normalized spacial score (nSPS) is 11.7. The third-order valence-corrected chi connectivity index (χ3v) is 7.76. The van der Waals surface area contributed by atoms with E-state index in [2.05, 4.69) is 9.44 Å². The topological polar surface area (TPSA) is 102 Å². The van der Waals surface area contributed by atoms with Crippen LogP contribution in [-0.4, -0.2) is 23.9 Å². The predicted octanol–water partition coefficient (Wildman–Crippen LogP) is 4.60. The molecule has 3 aromatic carbocycles. The van der Waals surface area contributed by atoms with Gasteiger partial charge >= 0.3 is 0 Å². The van der Waals surface area contributed by atoms with Crippen LogP contribution >= 0.6 is 23.2 Å². The first kappa shape index (κ1) is 22.2. The minimum atomic E-state index is -4.08. The average Bonchev–Trinajstić information content (AvgIpc) is 2.70. The number of hydrogen-bond acceptors (Lipinski definition) is 5. The van der Waals surface area contributed by atoms with Crippen LogP contribution in [0.15, 0.2) is 76.5 Å². The summed E-state index contributed by atoms with van der Waals surface area (Å²) in [6.07, 6.45) is 0. The van der Waals surface area contributed by atoms with Gasteiger partial charge in [-0.25, -0.2) is 16.8 Å². The lowest BCUT2D eigenvalue weighted by Crippen LogP contribution is -2.15. The molecule has 0 aliphatic carbocycles. The van der Waals surface area contributed by atoms with Crippen LogP contribution in [-0.2, 0) is 20.0 Å². The Labute approximate surface area is 184 Å². The Morgan fingerprint density at radius 2 is 1.27 bits per heavy atom. The molecule has 2 N–H and O–H groups in total. The fourth-order valence-corrected chi connectivity index (χ4v) is 5.47. The maximum Gasteiger partial charge on any atom is 0.263 e. The molecule has 0 aliphatic heterocycles. The molecule has 0 bridgehead atoms. The molecule has 3 rings (SSSR count). The number of benzene rings is 3. The zero-order chi connectivity index (χ0) is 21.9. The van der Waals surface area contributed by atoms with Gasteiger partial charge in [-0.2, -0.15) is 0 Å². The van der Waals surface area contributed by atoms with Gasteiger partial charge in [0.25, 0.3) is 20.0 Å². The van der Waals surface area contributed by atoms with Crippen molar-refractivity contribution in [3.63, 3.8) is 0 Å². The lowest BCUT2D eigenvalue weighted by Gasteiger charge is -2.13. The van der Waals surface area contributed by atoms with Crippen LogP contribution in [0.4, 0.5) is 11.4 Å². The van der Waals surface area contributed by atoms with Crippen LogP contribution in [0.1, 0.15) is 0 Å². The van der Waals surface area contributed by atoms with Gasteiger partial charge in [-0.1, -0.05) is 41.4 Å². The molecule has 0 amide bonds. The summed E-state index contributed by atoms with van der Waals surface area (Å²) in [5.41, 5.74) is 0.560. The summed E-state index contributed by atoms with van der Waals surface area (Å²) in [4.78, 5) is -0.266. The molecule has 0 aliphatic rings. The Balaban J connectivity index is 1.82. The van der Waals surface area contributed by atoms with Gasteiger partial charge in [0.15, 0.2) is 0 Å². The highest BCUT2D eigenvalue weighted by atomic mass is 35.5. The van der Waals surface area contributed by atoms with Gasteiger partial charge < -0.3 is 4.74 Å². The van der Waals surface area contributed by atoms with E-state index in [9.17, 15) is 16.8 Å². The van der Waals surface area contributed by atoms with Crippen LogP contribution in [0.5, 0.6) is 5.75 Å². The fraction of sp³-hybridized carbons (Fsp3) is 0.0526. The third-order valence-electron chi connectivity index (χ3n) is 3.96. The van der Waals surface area contributed by atoms with E-state index in [0.717, 1.165) is 0 Å². The molecule has 0 aromatic heterocycles. The molecule has 11 heteroatoms. The van der Waals surface area contributed by atoms with E-state index in [1.807, 2.05) is 0 Å². The van der Waals surface area contributed by atoms with Gasteiger partial charge in [0.05, 0.1) is 17.0 Å². The molecular weight excluding hydrogens is 471 g/mol. The van der Waals surface area contributed by atoms with Gasteiger partial charge in [0, 0.05) is 11.4 Å². The first-order chi connectivity index (χ1) is 14.1. The minimum Gasteiger partial charge on any atom is -0.495 e. The third kappa shape index (κ3) is 4.81. The number of sulfonamides is 2. The second kappa shape index (κ2) is 8.73. The van der Waals surface area contributed by atoms with Crippen molar-refractivity contribution in [1.29, 1.82) is 0 Å². The Bertz CT molecular complexity index is 1260. The van der Waals surface area contributed by atoms with E-state index in [1.165, 1.54) is 43.5 Å². The number of hydrogen-bond donors (Lipinski definition) is 2. The Kier molecular flexibility index (Phi) is 6.47. The van der Waals surface area contributed by atoms with E-state index < -0.39 is 20.0 Å². The van der Waals surface area contributed by atoms with Crippen molar-refractivity contribution in [2.24, 2.45) is 0 Å². The SMILES string of the molecule is COc1ccc(S(=O)(=O)Nc2ccc(S(=O)(=O)Nc3ccccc3)cc2)c(Cl)c1Cl. The highest BCUT2D eigenvalue weighted by Crippen LogP contribution is 2.37. The van der Waals surface area contributed by atoms with Gasteiger partial charge in [0.1, 0.15) is 15.7 Å². The molecular formula is C19H16Cl2N2O5S2. The number of rotatable bonds is 7. The van der Waals surface area contributed by atoms with Crippen LogP contribution in [0.25, 0.3) is 0 Å². The van der Waals surface area contributed by atoms with E-state index in [1.54, 1.807) is 30.3 Å². The second-order valence-electron chi connectivity index (χ2n) is 6.00. The highest BCUT2D eigenvalue weighted by molar-refractivity contribution is 7.93. The minimum absolute atomic E-state index is 0.0279. The lowest BCUT2D eigenvalue weighted by molar-refractivity contribution is 0.414. The average molecular weight is 487 g/mol. The van der Waals surface area contributed by atoms with Crippen molar-refractivity contribution in [3.05, 3.63) is 76.8 Å². The summed E-state index contributed by atoms with van der Waals surface area (Å²) >= 11 is 12.1. The number of halogens is 2. The second-order valence-corrected chi connectivity index (χ2v) is 10.1. The largest absolute Gasteiger partial charge is 0.495 e. The molecule has 0 spiro atoms. The number of nitrogens with one attached hydrogen (secondary N) is 2. The Morgan fingerprint density at radius 3 is 1.87 bits per heavy atom. The van der Waals surface area contributed by atoms with Gasteiger partial charge in [-0.3, -0.25) is 9.44 Å². The molecule has 0 atom stereocenters. The number of methoxy groups -OCH3 is 1. The smallest absolute Gasteiger partial charge is 0.263 e. The monoisotopic (exact) mass is 486 g/mol. The molecule has 30 heavy (non-hydrogen) atoms. The van der Waals surface area contributed by atoms with E-state index in [-0.39, 0.29) is 31.3 Å². The summed E-state index contributed by atoms with van der Waals surface area (Å²) in [7, 11) is -6.52. The molecule has 0 radical (unpaired) electrons. The summed E-state index contributed by atoms with van der Waals surface area (Å²) in [5.74, 6) is 0.237. The summed E-state index contributed by atoms with van der Waals surface area (Å²) in [5, 5.41) is -0.217. The quantitative estimate of drug-likeness (QED) is 0.507. The van der Waals surface area contributed by atoms with E-state index >= 15 is 0 Å². The predicted molar refractivity (Wildman–Crippen MR) is 118 cm³/mol. The van der Waals surface area contributed by atoms with Crippen LogP contribution < -0.4 is 14.2 Å². The van der Waals surface area contributed by atoms with Crippen molar-refractivity contribution in [1.82, 2.24) is 0 Å². The summed E-state index contributed by atoms with van der Waals surface area (Å²) < 4.78 is 60.1. The number of ether oxygens (including phenoxy) is 1. The highest BCUT2D eigenvalue weighted by Gasteiger charge is 2.22. The van der Waals surface area contributed by atoms with Crippen LogP contribution in [0.2, 0.25) is 10.0 Å². The molecule has 158 valence electrons. The first-order valence-corrected chi connectivity index (χ1v) is 12.1. The molecule has 7 nitrogen and oxygen atoms in total. The zero-order valence-electron chi connectivity index (χ0n) is 15.5. The standard InChI is InChI=1S/C19H16Cl2N2O5S2/c1-28-16-11-12-17(19(21)18(16)20)30(26,27)23-14-7-9-15(10-8-14)29(24,25)22-13-5-3-2-4-6-13/h2-12,22-23H,1H3. The van der Waals surface area contributed by atoms with E-state index in [0.29, 0.717) is 5.69 Å². The van der Waals surface area contributed by atoms with Gasteiger partial charge in [0.2, 0.25) is 0 Å². The molecule has 0 fully saturated rings. The Morgan fingerprint density at radius 1 is 0.700 bits per heavy atom. The summed E-state index contributed by atoms with van der Waals surface area (Å²) in [6.45, 7) is 0. The zero-order valence-corrected chi connectivity index (χ0v) is 18.6. The first-order valence-electron chi connectivity index (χ1n) is 8.37. The number of para-hydroxylation sites is 1. The summed E-state index contributed by atoms with van der Waals surface area (Å²) in [6, 6.07) is 16.3. The lowest BCUT2D eigenvalue weighted by atomic mass is 10.3. The van der Waals surface area contributed by atoms with Gasteiger partial charge in [-0.05, 0) is 48.5 Å². The van der Waals surface area contributed by atoms with Crippen molar-refractivity contribution < 1.29 is 21.6 Å². The van der Waals surface area contributed by atoms with Crippen LogP contribution in [0.3, 0.4) is 0 Å². The maximum atomic E-state index is 12.7. The number of anilines is 2. The maximum absolute atomic E-state index is 12.7. The Hall–Kier alpha value is -2.46. The van der Waals surface area contributed by atoms with Crippen molar-refractivity contribution in [2.45, 2.75) is 9.79 Å². The molecule has 0 unspecified atom stereocenters. The van der Waals surface area contributed by atoms with Gasteiger partial charge in [-0.15, -0.1) is 0 Å². The van der Waals surface area contributed by atoms with Crippen molar-refractivity contribution in [3.8, 4) is 5.75 Å². The molecule has 3 aromatic rings. The van der Waals surface area contributed by atoms with Crippen molar-refractivity contribution >= 4 is 54.6 Å². The molecule has 0 saturated heterocycles. The fourth-order valence-electron chi connectivity index (χ4n) is 2.51. The molecule has 0 heterocycles. The molecule has 0 saturated carbocycles. The van der Waals surface area contributed by atoms with Crippen molar-refractivity contribution in [2.75, 3.05) is 16.6 Å². The van der Waals surface area contributed by atoms with E-state index in [4.69, 9.17) is 27.9 Å².